The number of hydrazone groups is 1. The molecule has 3 rings (SSSR count). The minimum atomic E-state index is -1.79. The van der Waals surface area contributed by atoms with E-state index in [0.717, 1.165) is 5.56 Å². The minimum Gasteiger partial charge on any atom is -0.488 e. The molecular formula is C21H15F4N3O3. The Morgan fingerprint density at radius 2 is 1.68 bits per heavy atom. The molecular weight excluding hydrogens is 418 g/mol. The number of pyridine rings is 1. The van der Waals surface area contributed by atoms with Crippen molar-refractivity contribution >= 4 is 17.9 Å². The van der Waals surface area contributed by atoms with Gasteiger partial charge in [-0.15, -0.1) is 0 Å². The number of benzene rings is 2. The molecule has 1 N–H and O–H groups in total. The van der Waals surface area contributed by atoms with Crippen LogP contribution in [0.2, 0.25) is 0 Å². The largest absolute Gasteiger partial charge is 0.488 e. The zero-order chi connectivity index (χ0) is 22.4. The van der Waals surface area contributed by atoms with Gasteiger partial charge in [-0.05, 0) is 29.8 Å². The lowest BCUT2D eigenvalue weighted by atomic mass is 10.1. The Morgan fingerprint density at radius 3 is 2.32 bits per heavy atom. The summed E-state index contributed by atoms with van der Waals surface area (Å²) in [6.45, 7) is 0.157. The Labute approximate surface area is 174 Å². The number of aromatic nitrogens is 1. The summed E-state index contributed by atoms with van der Waals surface area (Å²) in [7, 11) is 1.29. The van der Waals surface area contributed by atoms with E-state index < -0.39 is 35.2 Å². The van der Waals surface area contributed by atoms with Gasteiger partial charge in [0.2, 0.25) is 11.6 Å². The maximum Gasteiger partial charge on any atom is 0.337 e. The van der Waals surface area contributed by atoms with Crippen molar-refractivity contribution < 1.29 is 31.8 Å². The van der Waals surface area contributed by atoms with Crippen LogP contribution in [-0.2, 0) is 11.3 Å². The second-order valence-corrected chi connectivity index (χ2v) is 6.08. The average molecular weight is 433 g/mol. The molecule has 0 atom stereocenters. The van der Waals surface area contributed by atoms with Gasteiger partial charge in [-0.3, -0.25) is 5.43 Å². The van der Waals surface area contributed by atoms with E-state index in [4.69, 9.17) is 4.74 Å². The number of ether oxygens (including phenoxy) is 2. The van der Waals surface area contributed by atoms with Gasteiger partial charge < -0.3 is 9.47 Å². The molecule has 31 heavy (non-hydrogen) atoms. The second-order valence-electron chi connectivity index (χ2n) is 6.08. The van der Waals surface area contributed by atoms with Crippen molar-refractivity contribution in [3.05, 3.63) is 88.8 Å². The summed E-state index contributed by atoms with van der Waals surface area (Å²) >= 11 is 0. The molecule has 1 heterocycles. The second kappa shape index (κ2) is 9.70. The van der Waals surface area contributed by atoms with Gasteiger partial charge in [0.1, 0.15) is 18.0 Å². The van der Waals surface area contributed by atoms with Crippen LogP contribution in [0, 0.1) is 23.5 Å². The first-order valence-corrected chi connectivity index (χ1v) is 8.79. The average Bonchev–Trinajstić information content (AvgIpc) is 2.79. The number of carbonyl (C=O) groups excluding carboxylic acids is 1. The zero-order valence-corrected chi connectivity index (χ0v) is 16.0. The normalized spacial score (nSPS) is 10.9. The highest BCUT2D eigenvalue weighted by atomic mass is 19.2. The molecule has 160 valence electrons. The molecule has 0 fully saturated rings. The minimum absolute atomic E-state index is 0.157. The fraction of sp³-hybridized carbons (Fsp3) is 0.0952. The maximum absolute atomic E-state index is 13.6. The highest BCUT2D eigenvalue weighted by molar-refractivity contribution is 5.89. The number of para-hydroxylation sites is 1. The van der Waals surface area contributed by atoms with E-state index in [1.165, 1.54) is 13.3 Å². The molecule has 0 saturated heterocycles. The molecule has 0 aliphatic rings. The molecule has 0 spiro atoms. The van der Waals surface area contributed by atoms with Crippen molar-refractivity contribution in [2.45, 2.75) is 6.61 Å². The van der Waals surface area contributed by atoms with Crippen LogP contribution < -0.4 is 10.2 Å². The van der Waals surface area contributed by atoms with Crippen LogP contribution in [0.15, 0.2) is 53.6 Å². The van der Waals surface area contributed by atoms with Crippen molar-refractivity contribution in [2.75, 3.05) is 12.5 Å². The number of hydrogen-bond acceptors (Lipinski definition) is 6. The molecule has 0 unspecified atom stereocenters. The number of carbonyl (C=O) groups is 1. The van der Waals surface area contributed by atoms with Crippen LogP contribution in [0.4, 0.5) is 23.2 Å². The third-order valence-corrected chi connectivity index (χ3v) is 4.07. The lowest BCUT2D eigenvalue weighted by Crippen LogP contribution is -2.06. The highest BCUT2D eigenvalue weighted by Crippen LogP contribution is 2.22. The van der Waals surface area contributed by atoms with Crippen LogP contribution in [0.5, 0.6) is 5.75 Å². The first kappa shape index (κ1) is 21.8. The number of anilines is 1. The predicted molar refractivity (Wildman–Crippen MR) is 104 cm³/mol. The number of nitrogens with zero attached hydrogens (tertiary/aromatic N) is 2. The summed E-state index contributed by atoms with van der Waals surface area (Å²) < 4.78 is 63.9. The lowest BCUT2D eigenvalue weighted by molar-refractivity contribution is 0.0600. The molecule has 0 aliphatic heterocycles. The van der Waals surface area contributed by atoms with Crippen molar-refractivity contribution in [3.63, 3.8) is 0 Å². The van der Waals surface area contributed by atoms with Crippen molar-refractivity contribution in [1.82, 2.24) is 4.98 Å². The summed E-state index contributed by atoms with van der Waals surface area (Å²) in [4.78, 5) is 13.9. The third kappa shape index (κ3) is 5.16. The quantitative estimate of drug-likeness (QED) is 0.196. The van der Waals surface area contributed by atoms with E-state index in [2.05, 4.69) is 14.8 Å². The van der Waals surface area contributed by atoms with Crippen LogP contribution in [0.3, 0.4) is 0 Å². The fourth-order valence-electron chi connectivity index (χ4n) is 2.49. The summed E-state index contributed by atoms with van der Waals surface area (Å²) in [5.74, 6) is -7.05. The monoisotopic (exact) mass is 433 g/mol. The van der Waals surface area contributed by atoms with Gasteiger partial charge in [-0.25, -0.2) is 4.79 Å². The number of hydrogen-bond donors (Lipinski definition) is 1. The standard InChI is InChI=1S/C21H15F4N3O3/c1-30-21(29)13-8-6-12(7-9-13)11-31-15-5-3-2-4-14(15)10-26-28-18-16(22)19(24)27-20(25)17(18)23/h2-10H,11H2,1H3,(H,27,28)/b26-10+. The van der Waals surface area contributed by atoms with Crippen molar-refractivity contribution in [3.8, 4) is 5.75 Å². The van der Waals surface area contributed by atoms with E-state index in [9.17, 15) is 22.4 Å². The number of halogens is 4. The lowest BCUT2D eigenvalue weighted by Gasteiger charge is -2.10. The molecule has 1 aromatic heterocycles. The number of nitrogens with one attached hydrogen (secondary N) is 1. The van der Waals surface area contributed by atoms with Crippen LogP contribution in [0.1, 0.15) is 21.5 Å². The molecule has 3 aromatic rings. The van der Waals surface area contributed by atoms with Gasteiger partial charge in [-0.1, -0.05) is 24.3 Å². The van der Waals surface area contributed by atoms with Crippen LogP contribution >= 0.6 is 0 Å². The van der Waals surface area contributed by atoms with Gasteiger partial charge in [0.15, 0.2) is 0 Å². The number of methoxy groups -OCH3 is 1. The summed E-state index contributed by atoms with van der Waals surface area (Å²) in [5.41, 5.74) is 2.42. The predicted octanol–water partition coefficient (Wildman–Crippen LogP) is 4.45. The first-order chi connectivity index (χ1) is 14.9. The van der Waals surface area contributed by atoms with E-state index in [1.807, 2.05) is 5.43 Å². The molecule has 0 bridgehead atoms. The number of rotatable bonds is 7. The summed E-state index contributed by atoms with van der Waals surface area (Å²) in [6, 6.07) is 13.2. The Bertz CT molecular complexity index is 1100. The van der Waals surface area contributed by atoms with E-state index in [1.54, 1.807) is 48.5 Å². The van der Waals surface area contributed by atoms with Gasteiger partial charge in [-0.2, -0.15) is 27.6 Å². The topological polar surface area (TPSA) is 72.8 Å². The smallest absolute Gasteiger partial charge is 0.337 e. The zero-order valence-electron chi connectivity index (χ0n) is 16.0. The Balaban J connectivity index is 1.70. The Morgan fingerprint density at radius 1 is 1.03 bits per heavy atom. The molecule has 0 saturated carbocycles. The van der Waals surface area contributed by atoms with Gasteiger partial charge in [0, 0.05) is 5.56 Å². The van der Waals surface area contributed by atoms with E-state index in [0.29, 0.717) is 16.9 Å². The van der Waals surface area contributed by atoms with Crippen LogP contribution in [0.25, 0.3) is 0 Å². The summed E-state index contributed by atoms with van der Waals surface area (Å²) in [5, 5.41) is 3.62. The van der Waals surface area contributed by atoms with E-state index in [-0.39, 0.29) is 6.61 Å². The molecule has 0 radical (unpaired) electrons. The number of esters is 1. The first-order valence-electron chi connectivity index (χ1n) is 8.79. The Hall–Kier alpha value is -3.95. The summed E-state index contributed by atoms with van der Waals surface area (Å²) in [6.07, 6.45) is 1.17. The van der Waals surface area contributed by atoms with Crippen molar-refractivity contribution in [2.24, 2.45) is 5.10 Å². The third-order valence-electron chi connectivity index (χ3n) is 4.07. The van der Waals surface area contributed by atoms with Gasteiger partial charge >= 0.3 is 5.97 Å². The molecule has 6 nitrogen and oxygen atoms in total. The fourth-order valence-corrected chi connectivity index (χ4v) is 2.49. The maximum atomic E-state index is 13.6. The van der Waals surface area contributed by atoms with Gasteiger partial charge in [0.05, 0.1) is 18.9 Å². The van der Waals surface area contributed by atoms with Gasteiger partial charge in [0.25, 0.3) is 11.9 Å². The van der Waals surface area contributed by atoms with E-state index >= 15 is 0 Å². The molecule has 10 heteroatoms. The Kier molecular flexibility index (Phi) is 6.81. The molecule has 2 aromatic carbocycles. The van der Waals surface area contributed by atoms with Crippen molar-refractivity contribution in [1.29, 1.82) is 0 Å². The highest BCUT2D eigenvalue weighted by Gasteiger charge is 2.20. The SMILES string of the molecule is COC(=O)c1ccc(COc2ccccc2/C=N/Nc2c(F)c(F)nc(F)c2F)cc1. The molecule has 0 aliphatic carbocycles. The molecule has 0 amide bonds. The van der Waals surface area contributed by atoms with Crippen LogP contribution in [-0.4, -0.2) is 24.3 Å².